The summed E-state index contributed by atoms with van der Waals surface area (Å²) in [6, 6.07) is 0. The summed E-state index contributed by atoms with van der Waals surface area (Å²) in [5, 5.41) is 0. The lowest BCUT2D eigenvalue weighted by atomic mass is 9.88. The minimum absolute atomic E-state index is 0.0233. The van der Waals surface area contributed by atoms with E-state index in [1.54, 1.807) is 11.8 Å². The SMILES string of the molecule is CSCCS(=O)(=O)C12C3CCCC1C32Br. The molecule has 0 N–H and O–H groups in total. The van der Waals surface area contributed by atoms with Gasteiger partial charge in [-0.3, -0.25) is 0 Å². The van der Waals surface area contributed by atoms with Gasteiger partial charge in [0, 0.05) is 5.75 Å². The van der Waals surface area contributed by atoms with E-state index in [0.717, 1.165) is 18.6 Å². The van der Waals surface area contributed by atoms with Crippen LogP contribution in [0, 0.1) is 11.8 Å². The number of thioether (sulfide) groups is 1. The molecule has 0 bridgehead atoms. The van der Waals surface area contributed by atoms with Gasteiger partial charge in [-0.15, -0.1) is 0 Å². The van der Waals surface area contributed by atoms with E-state index in [0.29, 0.717) is 17.6 Å². The van der Waals surface area contributed by atoms with Gasteiger partial charge >= 0.3 is 0 Å². The summed E-state index contributed by atoms with van der Waals surface area (Å²) in [5.41, 5.74) is 0. The van der Waals surface area contributed by atoms with E-state index in [-0.39, 0.29) is 9.07 Å². The Bertz CT molecular complexity index is 392. The molecule has 5 heteroatoms. The molecule has 0 aliphatic heterocycles. The molecule has 2 unspecified atom stereocenters. The molecule has 0 radical (unpaired) electrons. The highest BCUT2D eigenvalue weighted by Gasteiger charge is 3.02. The van der Waals surface area contributed by atoms with Crippen LogP contribution in [-0.4, -0.2) is 35.3 Å². The van der Waals surface area contributed by atoms with Gasteiger partial charge in [0.15, 0.2) is 9.84 Å². The van der Waals surface area contributed by atoms with Crippen molar-refractivity contribution in [3.8, 4) is 0 Å². The Morgan fingerprint density at radius 2 is 2.00 bits per heavy atom. The summed E-state index contributed by atoms with van der Waals surface area (Å²) >= 11 is 5.33. The molecule has 0 amide bonds. The van der Waals surface area contributed by atoms with Crippen LogP contribution < -0.4 is 0 Å². The third-order valence-electron chi connectivity index (χ3n) is 4.54. The average molecular weight is 311 g/mol. The van der Waals surface area contributed by atoms with Crippen molar-refractivity contribution in [3.05, 3.63) is 0 Å². The van der Waals surface area contributed by atoms with Gasteiger partial charge in [0.25, 0.3) is 0 Å². The maximum absolute atomic E-state index is 12.3. The van der Waals surface area contributed by atoms with Crippen LogP contribution in [0.25, 0.3) is 0 Å². The van der Waals surface area contributed by atoms with Crippen molar-refractivity contribution in [2.75, 3.05) is 17.8 Å². The number of rotatable bonds is 4. The Balaban J connectivity index is 1.85. The van der Waals surface area contributed by atoms with Crippen molar-refractivity contribution >= 4 is 37.5 Å². The summed E-state index contributed by atoms with van der Waals surface area (Å²) < 4.78 is 24.3. The first-order valence-corrected chi connectivity index (χ1v) is 9.27. The van der Waals surface area contributed by atoms with Gasteiger partial charge in [-0.05, 0) is 30.9 Å². The van der Waals surface area contributed by atoms with Gasteiger partial charge in [0.1, 0.15) is 0 Å². The molecule has 3 rings (SSSR count). The molecule has 3 fully saturated rings. The van der Waals surface area contributed by atoms with E-state index in [4.69, 9.17) is 0 Å². The monoisotopic (exact) mass is 310 g/mol. The van der Waals surface area contributed by atoms with Crippen LogP contribution >= 0.6 is 27.7 Å². The molecule has 0 aromatic heterocycles. The predicted octanol–water partition coefficient (Wildman–Crippen LogP) is 2.08. The van der Waals surface area contributed by atoms with Crippen molar-refractivity contribution in [2.45, 2.75) is 28.3 Å². The molecule has 2 nitrogen and oxygen atoms in total. The third kappa shape index (κ3) is 0.974. The fourth-order valence-corrected chi connectivity index (χ4v) is 10.4. The first-order chi connectivity index (χ1) is 7.03. The van der Waals surface area contributed by atoms with Crippen LogP contribution in [-0.2, 0) is 9.84 Å². The van der Waals surface area contributed by atoms with Crippen LogP contribution in [0.1, 0.15) is 19.3 Å². The first-order valence-electron chi connectivity index (χ1n) is 5.43. The highest BCUT2D eigenvalue weighted by Crippen LogP contribution is 2.92. The van der Waals surface area contributed by atoms with Crippen molar-refractivity contribution in [1.82, 2.24) is 0 Å². The summed E-state index contributed by atoms with van der Waals surface area (Å²) in [4.78, 5) is 0. The fraction of sp³-hybridized carbons (Fsp3) is 1.00. The number of hydrogen-bond acceptors (Lipinski definition) is 3. The second-order valence-electron chi connectivity index (χ2n) is 4.91. The fourth-order valence-electron chi connectivity index (χ4n) is 3.86. The summed E-state index contributed by atoms with van der Waals surface area (Å²) in [5.74, 6) is 1.99. The zero-order chi connectivity index (χ0) is 10.9. The molecule has 86 valence electrons. The van der Waals surface area contributed by atoms with Gasteiger partial charge < -0.3 is 0 Å². The maximum Gasteiger partial charge on any atom is 0.158 e. The first kappa shape index (κ1) is 10.9. The van der Waals surface area contributed by atoms with Crippen LogP contribution in [0.4, 0.5) is 0 Å². The second kappa shape index (κ2) is 2.96. The topological polar surface area (TPSA) is 34.1 Å². The lowest BCUT2D eigenvalue weighted by molar-refractivity contribution is 0.358. The lowest BCUT2D eigenvalue weighted by Crippen LogP contribution is -2.31. The molecule has 2 atom stereocenters. The Morgan fingerprint density at radius 1 is 1.40 bits per heavy atom. The molecule has 3 aliphatic carbocycles. The van der Waals surface area contributed by atoms with Crippen LogP contribution in [0.15, 0.2) is 0 Å². The summed E-state index contributed by atoms with van der Waals surface area (Å²) in [6.07, 6.45) is 5.41. The Kier molecular flexibility index (Phi) is 2.15. The number of halogens is 1. The van der Waals surface area contributed by atoms with Crippen molar-refractivity contribution in [1.29, 1.82) is 0 Å². The molecular weight excluding hydrogens is 296 g/mol. The van der Waals surface area contributed by atoms with E-state index >= 15 is 0 Å². The van der Waals surface area contributed by atoms with Crippen molar-refractivity contribution in [2.24, 2.45) is 11.8 Å². The summed E-state index contributed by atoms with van der Waals surface area (Å²) in [7, 11) is -2.86. The van der Waals surface area contributed by atoms with Gasteiger partial charge in [-0.1, -0.05) is 22.4 Å². The molecule has 0 heterocycles. The van der Waals surface area contributed by atoms with Gasteiger partial charge in [0.05, 0.1) is 14.8 Å². The van der Waals surface area contributed by atoms with Crippen molar-refractivity contribution in [3.63, 3.8) is 0 Å². The minimum atomic E-state index is -2.86. The lowest BCUT2D eigenvalue weighted by Gasteiger charge is -2.25. The highest BCUT2D eigenvalue weighted by atomic mass is 79.9. The Hall–Kier alpha value is 0.780. The quantitative estimate of drug-likeness (QED) is 0.746. The molecule has 3 saturated carbocycles. The molecule has 15 heavy (non-hydrogen) atoms. The average Bonchev–Trinajstić information content (AvgIpc) is 3.01. The van der Waals surface area contributed by atoms with Gasteiger partial charge in [0.2, 0.25) is 0 Å². The molecule has 0 aromatic rings. The standard InChI is InChI=1S/C10H15BrO2S2/c1-14-5-6-15(12,13)10-7-3-2-4-8(10)9(7,10)11/h7-8H,2-6H2,1H3. The van der Waals surface area contributed by atoms with E-state index < -0.39 is 9.84 Å². The van der Waals surface area contributed by atoms with Crippen LogP contribution in [0.3, 0.4) is 0 Å². The molecule has 0 saturated heterocycles. The highest BCUT2D eigenvalue weighted by molar-refractivity contribution is 9.10. The number of fused-ring (bicyclic) bond motifs is 2. The zero-order valence-electron chi connectivity index (χ0n) is 8.70. The maximum atomic E-state index is 12.3. The van der Waals surface area contributed by atoms with E-state index in [9.17, 15) is 8.42 Å². The number of sulfone groups is 1. The summed E-state index contributed by atoms with van der Waals surface area (Å²) in [6.45, 7) is 0. The van der Waals surface area contributed by atoms with Crippen LogP contribution in [0.5, 0.6) is 0 Å². The van der Waals surface area contributed by atoms with Crippen molar-refractivity contribution < 1.29 is 8.42 Å². The number of hydrogen-bond donors (Lipinski definition) is 0. The Morgan fingerprint density at radius 3 is 2.47 bits per heavy atom. The van der Waals surface area contributed by atoms with Gasteiger partial charge in [-0.2, -0.15) is 11.8 Å². The van der Waals surface area contributed by atoms with Gasteiger partial charge in [-0.25, -0.2) is 8.42 Å². The number of alkyl halides is 1. The molecular formula is C10H15BrO2S2. The third-order valence-corrected chi connectivity index (χ3v) is 10.1. The smallest absolute Gasteiger partial charge is 0.158 e. The zero-order valence-corrected chi connectivity index (χ0v) is 11.9. The molecule has 0 spiro atoms. The second-order valence-corrected chi connectivity index (χ2v) is 9.52. The Labute approximate surface area is 104 Å². The normalized spacial score (nSPS) is 51.1. The van der Waals surface area contributed by atoms with E-state index in [2.05, 4.69) is 15.9 Å². The van der Waals surface area contributed by atoms with E-state index in [1.807, 2.05) is 6.26 Å². The minimum Gasteiger partial charge on any atom is -0.228 e. The molecule has 0 aromatic carbocycles. The van der Waals surface area contributed by atoms with E-state index in [1.165, 1.54) is 6.42 Å². The molecule has 3 aliphatic rings. The van der Waals surface area contributed by atoms with Crippen LogP contribution in [0.2, 0.25) is 0 Å². The largest absolute Gasteiger partial charge is 0.228 e. The predicted molar refractivity (Wildman–Crippen MR) is 67.4 cm³/mol.